The quantitative estimate of drug-likeness (QED) is 0.179. The van der Waals surface area contributed by atoms with E-state index in [-0.39, 0.29) is 0 Å². The Morgan fingerprint density at radius 1 is 1.50 bits per heavy atom. The first-order chi connectivity index (χ1) is 7.72. The molecule has 0 saturated heterocycles. The first-order valence-corrected chi connectivity index (χ1v) is 5.28. The number of rotatable bonds is 7. The lowest BCUT2D eigenvalue weighted by Gasteiger charge is -1.91. The minimum absolute atomic E-state index is 0.296. The van der Waals surface area contributed by atoms with Crippen molar-refractivity contribution < 1.29 is 19.4 Å². The molecule has 0 heterocycles. The van der Waals surface area contributed by atoms with Crippen molar-refractivity contribution in [3.8, 4) is 0 Å². The summed E-state index contributed by atoms with van der Waals surface area (Å²) in [6.07, 6.45) is 6.93. The highest BCUT2D eigenvalue weighted by molar-refractivity contribution is 6.20. The second-order valence-corrected chi connectivity index (χ2v) is 2.86. The van der Waals surface area contributed by atoms with E-state index in [2.05, 4.69) is 16.1 Å². The van der Waals surface area contributed by atoms with Crippen molar-refractivity contribution in [3.05, 3.63) is 18.2 Å². The van der Waals surface area contributed by atoms with E-state index in [1.54, 1.807) is 6.92 Å². The van der Waals surface area contributed by atoms with Gasteiger partial charge in [-0.25, -0.2) is 4.79 Å². The lowest BCUT2D eigenvalue weighted by Crippen LogP contribution is -2.04. The molecular weight excluding hydrogens is 208 g/mol. The molecule has 0 aliphatic carbocycles. The van der Waals surface area contributed by atoms with E-state index in [0.717, 1.165) is 19.3 Å². The Morgan fingerprint density at radius 3 is 2.62 bits per heavy atom. The number of unbranched alkanes of at least 4 members (excludes halogenated alkanes) is 3. The van der Waals surface area contributed by atoms with Gasteiger partial charge in [0.15, 0.2) is 0 Å². The van der Waals surface area contributed by atoms with Gasteiger partial charge in [-0.3, -0.25) is 0 Å². The molecule has 0 amide bonds. The Kier molecular flexibility index (Phi) is 17.0. The summed E-state index contributed by atoms with van der Waals surface area (Å²) < 4.78 is 4.33. The molecule has 0 aliphatic rings. The second kappa shape index (κ2) is 16.0. The fourth-order valence-corrected chi connectivity index (χ4v) is 0.804. The molecule has 0 bridgehead atoms. The van der Waals surface area contributed by atoms with Crippen LogP contribution in [0.3, 0.4) is 0 Å². The summed E-state index contributed by atoms with van der Waals surface area (Å²) in [7, 11) is 0. The number of esters is 1. The molecular formula is C11H20N2O3. The third-order valence-electron chi connectivity index (χ3n) is 1.52. The Bertz CT molecular complexity index is 223. The van der Waals surface area contributed by atoms with Crippen LogP contribution in [0.5, 0.6) is 0 Å². The fraction of sp³-hybridized carbons (Fsp3) is 0.636. The zero-order valence-electron chi connectivity index (χ0n) is 9.76. The highest BCUT2D eigenvalue weighted by Crippen LogP contribution is 1.97. The molecule has 0 radical (unpaired) electrons. The van der Waals surface area contributed by atoms with Gasteiger partial charge < -0.3 is 15.4 Å². The van der Waals surface area contributed by atoms with Crippen LogP contribution in [0, 0.1) is 0 Å². The molecule has 0 aromatic heterocycles. The van der Waals surface area contributed by atoms with E-state index < -0.39 is 5.97 Å². The lowest BCUT2D eigenvalue weighted by molar-refractivity contribution is -0.138. The van der Waals surface area contributed by atoms with Crippen LogP contribution in [0.1, 0.15) is 32.6 Å². The third kappa shape index (κ3) is 18.4. The summed E-state index contributed by atoms with van der Waals surface area (Å²) in [4.78, 5) is 12.6. The molecule has 0 atom stereocenters. The predicted octanol–water partition coefficient (Wildman–Crippen LogP) is 1.58. The summed E-state index contributed by atoms with van der Waals surface area (Å²) in [5, 5.41) is 8.34. The maximum Gasteiger partial charge on any atom is 0.413 e. The largest absolute Gasteiger partial charge is 0.458 e. The van der Waals surface area contributed by atoms with Crippen molar-refractivity contribution >= 4 is 12.2 Å². The van der Waals surface area contributed by atoms with Crippen molar-refractivity contribution in [2.75, 3.05) is 13.2 Å². The number of aliphatic hydroxyl groups excluding tert-OH is 1. The van der Waals surface area contributed by atoms with E-state index in [4.69, 9.17) is 10.6 Å². The summed E-state index contributed by atoms with van der Waals surface area (Å²) in [5.41, 5.74) is 7.73. The maximum absolute atomic E-state index is 10.1. The van der Waals surface area contributed by atoms with Gasteiger partial charge in [-0.1, -0.05) is 12.5 Å². The Hall–Kier alpha value is -1.45. The molecule has 0 fully saturated rings. The smallest absolute Gasteiger partial charge is 0.413 e. The highest BCUT2D eigenvalue weighted by Gasteiger charge is 1.97. The van der Waals surface area contributed by atoms with E-state index in [9.17, 15) is 4.79 Å². The van der Waals surface area contributed by atoms with Crippen LogP contribution in [-0.4, -0.2) is 35.3 Å². The van der Waals surface area contributed by atoms with Crippen LogP contribution in [0.15, 0.2) is 12.7 Å². The first-order valence-electron chi connectivity index (χ1n) is 5.28. The first kappa shape index (κ1) is 17.0. The van der Waals surface area contributed by atoms with Gasteiger partial charge in [-0.2, -0.15) is 4.79 Å². The number of allylic oxidation sites excluding steroid dienone is 1. The number of carbonyl (C=O) groups is 1. The normalized spacial score (nSPS) is 8.12. The number of aliphatic hydroxyl groups is 1. The number of nitrogens with zero attached hydrogens (tertiary/aromatic N) is 2. The number of hydrogen-bond donors (Lipinski definition) is 1. The zero-order valence-corrected chi connectivity index (χ0v) is 9.76. The predicted molar refractivity (Wildman–Crippen MR) is 62.1 cm³/mol. The molecule has 0 unspecified atom stereocenters. The SMILES string of the molecule is C=CCCCCCO.CCOC(=O)C=[N+]=[N-]. The van der Waals surface area contributed by atoms with Crippen molar-refractivity contribution in [1.29, 1.82) is 0 Å². The van der Waals surface area contributed by atoms with E-state index in [1.807, 2.05) is 6.08 Å². The van der Waals surface area contributed by atoms with Crippen molar-refractivity contribution in [3.63, 3.8) is 0 Å². The van der Waals surface area contributed by atoms with Crippen LogP contribution in [0.2, 0.25) is 0 Å². The van der Waals surface area contributed by atoms with E-state index in [1.165, 1.54) is 6.42 Å². The van der Waals surface area contributed by atoms with Crippen LogP contribution in [-0.2, 0) is 9.53 Å². The molecule has 0 aliphatic heterocycles. The van der Waals surface area contributed by atoms with Crippen LogP contribution in [0.25, 0.3) is 5.53 Å². The van der Waals surface area contributed by atoms with Gasteiger partial charge in [-0.05, 0) is 26.2 Å². The molecule has 0 aromatic rings. The maximum atomic E-state index is 10.1. The fourth-order valence-electron chi connectivity index (χ4n) is 0.804. The number of ether oxygens (including phenoxy) is 1. The van der Waals surface area contributed by atoms with Gasteiger partial charge in [0.2, 0.25) is 0 Å². The average Bonchev–Trinajstić information content (AvgIpc) is 2.26. The molecule has 92 valence electrons. The molecule has 0 aromatic carbocycles. The summed E-state index contributed by atoms with van der Waals surface area (Å²) in [6.45, 7) is 5.89. The van der Waals surface area contributed by atoms with E-state index in [0.29, 0.717) is 19.4 Å². The summed E-state index contributed by atoms with van der Waals surface area (Å²) >= 11 is 0. The molecule has 5 heteroatoms. The monoisotopic (exact) mass is 228 g/mol. The minimum atomic E-state index is -0.630. The van der Waals surface area contributed by atoms with Gasteiger partial charge >= 0.3 is 12.2 Å². The van der Waals surface area contributed by atoms with Crippen molar-refractivity contribution in [1.82, 2.24) is 0 Å². The molecule has 0 spiro atoms. The van der Waals surface area contributed by atoms with Gasteiger partial charge in [0, 0.05) is 6.61 Å². The van der Waals surface area contributed by atoms with E-state index >= 15 is 0 Å². The standard InChI is InChI=1S/C7H14O.C4H6N2O2/c1-2-3-4-5-6-7-8;1-2-8-4(7)3-6-5/h2,8H,1,3-7H2;3H,2H2,1H3. The van der Waals surface area contributed by atoms with Gasteiger partial charge in [-0.15, -0.1) is 6.58 Å². The minimum Gasteiger partial charge on any atom is -0.458 e. The average molecular weight is 228 g/mol. The van der Waals surface area contributed by atoms with Crippen LogP contribution >= 0.6 is 0 Å². The number of carbonyl (C=O) groups excluding carboxylic acids is 1. The van der Waals surface area contributed by atoms with Gasteiger partial charge in [0.05, 0.1) is 6.61 Å². The molecule has 0 saturated carbocycles. The third-order valence-corrected chi connectivity index (χ3v) is 1.52. The van der Waals surface area contributed by atoms with Crippen molar-refractivity contribution in [2.24, 2.45) is 0 Å². The molecule has 16 heavy (non-hydrogen) atoms. The van der Waals surface area contributed by atoms with Crippen molar-refractivity contribution in [2.45, 2.75) is 32.6 Å². The lowest BCUT2D eigenvalue weighted by atomic mass is 10.2. The van der Waals surface area contributed by atoms with Crippen LogP contribution in [0.4, 0.5) is 0 Å². The number of hydrogen-bond acceptors (Lipinski definition) is 3. The highest BCUT2D eigenvalue weighted by atomic mass is 16.5. The topological polar surface area (TPSA) is 82.9 Å². The van der Waals surface area contributed by atoms with Crippen LogP contribution < -0.4 is 0 Å². The molecule has 1 N–H and O–H groups in total. The second-order valence-electron chi connectivity index (χ2n) is 2.86. The summed E-state index contributed by atoms with van der Waals surface area (Å²) in [6, 6.07) is 0. The Morgan fingerprint density at radius 2 is 2.19 bits per heavy atom. The molecule has 0 rings (SSSR count). The summed E-state index contributed by atoms with van der Waals surface area (Å²) in [5.74, 6) is -0.630. The van der Waals surface area contributed by atoms with Gasteiger partial charge in [0.25, 0.3) is 0 Å². The zero-order chi connectivity index (χ0) is 12.6. The van der Waals surface area contributed by atoms with Gasteiger partial charge in [0.1, 0.15) is 0 Å². The Labute approximate surface area is 96.4 Å². The molecule has 5 nitrogen and oxygen atoms in total. The Balaban J connectivity index is 0.